The van der Waals surface area contributed by atoms with Crippen molar-refractivity contribution < 1.29 is 0 Å². The van der Waals surface area contributed by atoms with Gasteiger partial charge < -0.3 is 4.57 Å². The summed E-state index contributed by atoms with van der Waals surface area (Å²) in [7, 11) is 2.06. The van der Waals surface area contributed by atoms with Crippen molar-refractivity contribution >= 4 is 12.2 Å². The van der Waals surface area contributed by atoms with E-state index in [4.69, 9.17) is 12.2 Å². The van der Waals surface area contributed by atoms with E-state index in [-0.39, 0.29) is 6.04 Å². The number of allylic oxidation sites excluding steroid dienone is 1. The summed E-state index contributed by atoms with van der Waals surface area (Å²) in [6.45, 7) is 7.19. The molecular formula is C17H21N7S. The molecule has 2 aromatic heterocycles. The SMILES string of the molecule is C=CCn1cnn(CN(C)[C@@H](C)c2ccc(-n3cncn3)cc2)c1=S. The van der Waals surface area contributed by atoms with Crippen molar-refractivity contribution in [2.24, 2.45) is 0 Å². The molecule has 130 valence electrons. The summed E-state index contributed by atoms with van der Waals surface area (Å²) in [6, 6.07) is 8.51. The lowest BCUT2D eigenvalue weighted by atomic mass is 10.1. The molecule has 7 nitrogen and oxygen atoms in total. The second kappa shape index (κ2) is 7.54. The molecule has 0 aliphatic heterocycles. The van der Waals surface area contributed by atoms with Crippen molar-refractivity contribution in [1.82, 2.24) is 34.0 Å². The molecule has 1 aromatic carbocycles. The average Bonchev–Trinajstić information content (AvgIpc) is 3.27. The maximum Gasteiger partial charge on any atom is 0.199 e. The lowest BCUT2D eigenvalue weighted by molar-refractivity contribution is 0.194. The van der Waals surface area contributed by atoms with Gasteiger partial charge >= 0.3 is 0 Å². The van der Waals surface area contributed by atoms with E-state index in [0.29, 0.717) is 18.0 Å². The highest BCUT2D eigenvalue weighted by Gasteiger charge is 2.13. The van der Waals surface area contributed by atoms with Crippen LogP contribution < -0.4 is 0 Å². The van der Waals surface area contributed by atoms with Crippen molar-refractivity contribution in [2.75, 3.05) is 7.05 Å². The van der Waals surface area contributed by atoms with Gasteiger partial charge in [0.05, 0.1) is 12.4 Å². The minimum atomic E-state index is 0.219. The predicted octanol–water partition coefficient (Wildman–Crippen LogP) is 2.83. The Bertz CT molecular complexity index is 877. The first-order valence-electron chi connectivity index (χ1n) is 7.98. The zero-order valence-corrected chi connectivity index (χ0v) is 15.2. The van der Waals surface area contributed by atoms with E-state index >= 15 is 0 Å². The number of benzene rings is 1. The van der Waals surface area contributed by atoms with Gasteiger partial charge in [-0.1, -0.05) is 18.2 Å². The van der Waals surface area contributed by atoms with Crippen LogP contribution in [0.15, 0.2) is 55.9 Å². The first-order valence-corrected chi connectivity index (χ1v) is 8.39. The smallest absolute Gasteiger partial charge is 0.199 e. The van der Waals surface area contributed by atoms with E-state index in [0.717, 1.165) is 5.69 Å². The molecule has 0 radical (unpaired) electrons. The zero-order valence-electron chi connectivity index (χ0n) is 14.4. The fraction of sp³-hybridized carbons (Fsp3) is 0.294. The van der Waals surface area contributed by atoms with Crippen LogP contribution in [0.25, 0.3) is 5.69 Å². The first kappa shape index (κ1) is 17.2. The monoisotopic (exact) mass is 355 g/mol. The molecule has 0 N–H and O–H groups in total. The van der Waals surface area contributed by atoms with Crippen molar-refractivity contribution in [3.8, 4) is 5.69 Å². The third-order valence-corrected chi connectivity index (χ3v) is 4.64. The molecule has 0 aliphatic carbocycles. The molecule has 2 heterocycles. The number of aromatic nitrogens is 6. The van der Waals surface area contributed by atoms with Crippen LogP contribution in [0.1, 0.15) is 18.5 Å². The van der Waals surface area contributed by atoms with Crippen molar-refractivity contribution in [3.05, 3.63) is 66.2 Å². The molecule has 3 rings (SSSR count). The van der Waals surface area contributed by atoms with E-state index in [1.54, 1.807) is 17.3 Å². The third kappa shape index (κ3) is 3.75. The van der Waals surface area contributed by atoms with Gasteiger partial charge in [0.1, 0.15) is 19.0 Å². The summed E-state index contributed by atoms with van der Waals surface area (Å²) in [6.07, 6.45) is 6.77. The fourth-order valence-corrected chi connectivity index (χ4v) is 2.79. The van der Waals surface area contributed by atoms with Crippen LogP contribution in [0.5, 0.6) is 0 Å². The standard InChI is InChI=1S/C17H21N7S/c1-4-9-22-12-20-24(17(22)25)13-21(3)14(2)15-5-7-16(8-6-15)23-11-18-10-19-23/h4-8,10-12,14H,1,9,13H2,2-3H3/t14-/m0/s1. The van der Waals surface area contributed by atoms with Crippen LogP contribution in [0, 0.1) is 4.77 Å². The Morgan fingerprint density at radius 3 is 2.64 bits per heavy atom. The van der Waals surface area contributed by atoms with Gasteiger partial charge in [-0.2, -0.15) is 10.2 Å². The van der Waals surface area contributed by atoms with Crippen LogP contribution in [0.3, 0.4) is 0 Å². The van der Waals surface area contributed by atoms with Gasteiger partial charge in [-0.15, -0.1) is 6.58 Å². The molecule has 25 heavy (non-hydrogen) atoms. The molecule has 1 atom stereocenters. The Morgan fingerprint density at radius 2 is 2.00 bits per heavy atom. The average molecular weight is 355 g/mol. The van der Waals surface area contributed by atoms with Gasteiger partial charge in [0.15, 0.2) is 4.77 Å². The predicted molar refractivity (Wildman–Crippen MR) is 98.8 cm³/mol. The van der Waals surface area contributed by atoms with E-state index in [1.165, 1.54) is 11.9 Å². The maximum atomic E-state index is 5.45. The molecule has 0 fully saturated rings. The summed E-state index contributed by atoms with van der Waals surface area (Å²) in [4.78, 5) is 6.17. The number of hydrogen-bond acceptors (Lipinski definition) is 5. The van der Waals surface area contributed by atoms with Gasteiger partial charge in [0.25, 0.3) is 0 Å². The molecule has 0 aliphatic rings. The first-order chi connectivity index (χ1) is 12.1. The Balaban J connectivity index is 1.71. The Hall–Kier alpha value is -2.58. The molecule has 8 heteroatoms. The van der Waals surface area contributed by atoms with Gasteiger partial charge in [-0.05, 0) is 43.9 Å². The zero-order chi connectivity index (χ0) is 17.8. The Morgan fingerprint density at radius 1 is 1.24 bits per heavy atom. The molecule has 0 bridgehead atoms. The van der Waals surface area contributed by atoms with Gasteiger partial charge in [-0.3, -0.25) is 4.90 Å². The second-order valence-corrected chi connectivity index (χ2v) is 6.23. The molecule has 0 saturated carbocycles. The molecule has 0 unspecified atom stereocenters. The minimum Gasteiger partial charge on any atom is -0.303 e. The van der Waals surface area contributed by atoms with Crippen molar-refractivity contribution in [3.63, 3.8) is 0 Å². The number of hydrogen-bond donors (Lipinski definition) is 0. The van der Waals surface area contributed by atoms with Crippen LogP contribution in [0.2, 0.25) is 0 Å². The molecule has 3 aromatic rings. The summed E-state index contributed by atoms with van der Waals surface area (Å²) >= 11 is 5.45. The third-order valence-electron chi connectivity index (χ3n) is 4.20. The van der Waals surface area contributed by atoms with Crippen LogP contribution in [-0.4, -0.2) is 41.1 Å². The molecular weight excluding hydrogens is 334 g/mol. The topological polar surface area (TPSA) is 56.7 Å². The largest absolute Gasteiger partial charge is 0.303 e. The van der Waals surface area contributed by atoms with Crippen molar-refractivity contribution in [1.29, 1.82) is 0 Å². The normalized spacial score (nSPS) is 12.4. The highest BCUT2D eigenvalue weighted by Crippen LogP contribution is 2.20. The second-order valence-electron chi connectivity index (χ2n) is 5.86. The van der Waals surface area contributed by atoms with Crippen molar-refractivity contribution in [2.45, 2.75) is 26.2 Å². The quantitative estimate of drug-likeness (QED) is 0.482. The van der Waals surface area contributed by atoms with Crippen LogP contribution in [-0.2, 0) is 13.2 Å². The van der Waals surface area contributed by atoms with Crippen LogP contribution in [0.4, 0.5) is 0 Å². The summed E-state index contributed by atoms with van der Waals surface area (Å²) < 4.78 is 6.15. The fourth-order valence-electron chi connectivity index (χ4n) is 2.57. The molecule has 0 amide bonds. The van der Waals surface area contributed by atoms with Gasteiger partial charge in [-0.25, -0.2) is 14.3 Å². The molecule has 0 spiro atoms. The van der Waals surface area contributed by atoms with E-state index < -0.39 is 0 Å². The minimum absolute atomic E-state index is 0.219. The summed E-state index contributed by atoms with van der Waals surface area (Å²) in [5.74, 6) is 0. The van der Waals surface area contributed by atoms with E-state index in [2.05, 4.69) is 52.8 Å². The number of nitrogens with zero attached hydrogens (tertiary/aromatic N) is 7. The Kier molecular flexibility index (Phi) is 5.20. The summed E-state index contributed by atoms with van der Waals surface area (Å²) in [5, 5.41) is 8.51. The number of rotatable bonds is 7. The Labute approximate surface area is 151 Å². The van der Waals surface area contributed by atoms with Crippen LogP contribution >= 0.6 is 12.2 Å². The van der Waals surface area contributed by atoms with E-state index in [9.17, 15) is 0 Å². The highest BCUT2D eigenvalue weighted by atomic mass is 32.1. The lowest BCUT2D eigenvalue weighted by Crippen LogP contribution is -2.26. The maximum absolute atomic E-state index is 5.45. The summed E-state index contributed by atoms with van der Waals surface area (Å²) in [5.41, 5.74) is 2.20. The highest BCUT2D eigenvalue weighted by molar-refractivity contribution is 7.71. The van der Waals surface area contributed by atoms with Gasteiger partial charge in [0, 0.05) is 12.6 Å². The molecule has 0 saturated heterocycles. The van der Waals surface area contributed by atoms with Gasteiger partial charge in [0.2, 0.25) is 0 Å². The van der Waals surface area contributed by atoms with E-state index in [1.807, 2.05) is 27.5 Å². The lowest BCUT2D eigenvalue weighted by Gasteiger charge is -2.25.